The maximum Gasteiger partial charge on any atom is 0.200 e. The van der Waals surface area contributed by atoms with Gasteiger partial charge in [0.1, 0.15) is 30.2 Å². The zero-order valence-electron chi connectivity index (χ0n) is 30.2. The Hall–Kier alpha value is -4.95. The number of halogens is 3. The van der Waals surface area contributed by atoms with Crippen LogP contribution in [0.5, 0.6) is 11.5 Å². The molecule has 10 nitrogen and oxygen atoms in total. The Morgan fingerprint density at radius 1 is 0.891 bits per heavy atom. The quantitative estimate of drug-likeness (QED) is 0.127. The van der Waals surface area contributed by atoms with Crippen LogP contribution in [0.1, 0.15) is 28.8 Å². The summed E-state index contributed by atoms with van der Waals surface area (Å²) in [6.45, 7) is 3.63. The lowest BCUT2D eigenvalue weighted by molar-refractivity contribution is -0.101. The van der Waals surface area contributed by atoms with E-state index in [2.05, 4.69) is 20.9 Å². The molecule has 0 aliphatic carbocycles. The largest absolute Gasteiger partial charge is 0.493 e. The lowest BCUT2D eigenvalue weighted by atomic mass is 9.96. The minimum atomic E-state index is -0.617. The van der Waals surface area contributed by atoms with E-state index in [0.717, 1.165) is 18.4 Å². The van der Waals surface area contributed by atoms with Crippen molar-refractivity contribution in [2.45, 2.75) is 31.9 Å². The lowest BCUT2D eigenvalue weighted by Crippen LogP contribution is -2.33. The molecule has 2 saturated heterocycles. The molecule has 286 valence electrons. The van der Waals surface area contributed by atoms with Crippen LogP contribution in [0.4, 0.5) is 14.6 Å². The molecule has 13 heteroatoms. The van der Waals surface area contributed by atoms with Gasteiger partial charge in [0, 0.05) is 77.1 Å². The summed E-state index contributed by atoms with van der Waals surface area (Å²) in [5.74, 6) is -0.306. The summed E-state index contributed by atoms with van der Waals surface area (Å²) in [5.41, 5.74) is 8.06. The van der Waals surface area contributed by atoms with Gasteiger partial charge in [0.2, 0.25) is 0 Å². The maximum atomic E-state index is 15.9. The third kappa shape index (κ3) is 8.97. The third-order valence-corrected chi connectivity index (χ3v) is 10.3. The molecule has 55 heavy (non-hydrogen) atoms. The van der Waals surface area contributed by atoms with Gasteiger partial charge >= 0.3 is 0 Å². The number of nitrogens with two attached hydrogens (primary N) is 1. The van der Waals surface area contributed by atoms with E-state index in [1.54, 1.807) is 60.5 Å². The van der Waals surface area contributed by atoms with E-state index in [0.29, 0.717) is 78.8 Å². The molecule has 2 fully saturated rings. The van der Waals surface area contributed by atoms with Crippen molar-refractivity contribution < 1.29 is 37.3 Å². The summed E-state index contributed by atoms with van der Waals surface area (Å²) in [6.07, 6.45) is 5.95. The number of methoxy groups -OCH3 is 1. The third-order valence-electron chi connectivity index (χ3n) is 9.82. The molecule has 2 aliphatic rings. The fourth-order valence-electron chi connectivity index (χ4n) is 6.86. The van der Waals surface area contributed by atoms with Crippen LogP contribution < -0.4 is 20.6 Å². The van der Waals surface area contributed by atoms with Gasteiger partial charge in [-0.3, -0.25) is 9.59 Å². The fourth-order valence-corrected chi connectivity index (χ4v) is 7.19. The molecule has 2 aromatic heterocycles. The number of rotatable bonds is 12. The van der Waals surface area contributed by atoms with E-state index in [1.807, 2.05) is 6.07 Å². The van der Waals surface area contributed by atoms with Crippen LogP contribution in [0.3, 0.4) is 0 Å². The predicted octanol–water partition coefficient (Wildman–Crippen LogP) is 7.52. The number of carbonyl (C=O) groups is 1. The normalized spacial score (nSPS) is 16.2. The van der Waals surface area contributed by atoms with E-state index < -0.39 is 22.8 Å². The van der Waals surface area contributed by atoms with Crippen LogP contribution in [-0.2, 0) is 27.2 Å². The van der Waals surface area contributed by atoms with Crippen LogP contribution in [-0.4, -0.2) is 68.2 Å². The first-order valence-corrected chi connectivity index (χ1v) is 18.8. The first-order valence-electron chi connectivity index (χ1n) is 18.0. The summed E-state index contributed by atoms with van der Waals surface area (Å²) < 4.78 is 61.5. The summed E-state index contributed by atoms with van der Waals surface area (Å²) in [6, 6.07) is 16.0. The number of benzene rings is 3. The monoisotopic (exact) mass is 815 g/mol. The summed E-state index contributed by atoms with van der Waals surface area (Å²) >= 11 is 3.26. The Kier molecular flexibility index (Phi) is 12.0. The average molecular weight is 817 g/mol. The SMILES string of the molecule is COc1cc(-c2cnc(N)c(-c3ccc(CC(=O)c4cn(CC5CCOCC5)cc(-c5ccc(Br)cc5F)c4=O)cc3F)c2)ccc1OC[C@H]1COCCO1. The number of nitrogens with zero attached hydrogens (tertiary/aromatic N) is 2. The number of carbonyl (C=O) groups excluding carboxylic acids is 1. The van der Waals surface area contributed by atoms with Crippen molar-refractivity contribution in [2.75, 3.05) is 52.5 Å². The van der Waals surface area contributed by atoms with Crippen molar-refractivity contribution in [3.63, 3.8) is 0 Å². The average Bonchev–Trinajstić information content (AvgIpc) is 3.19. The van der Waals surface area contributed by atoms with Gasteiger partial charge in [-0.05, 0) is 66.3 Å². The molecule has 4 heterocycles. The van der Waals surface area contributed by atoms with Crippen molar-refractivity contribution >= 4 is 27.5 Å². The van der Waals surface area contributed by atoms with E-state index in [9.17, 15) is 9.59 Å². The molecular formula is C42H40BrF2N3O7. The lowest BCUT2D eigenvalue weighted by Gasteiger charge is -2.23. The second kappa shape index (κ2) is 17.2. The first kappa shape index (κ1) is 38.3. The van der Waals surface area contributed by atoms with Gasteiger partial charge in [-0.1, -0.05) is 40.2 Å². The molecule has 2 aliphatic heterocycles. The van der Waals surface area contributed by atoms with E-state index in [4.69, 9.17) is 29.4 Å². The van der Waals surface area contributed by atoms with Gasteiger partial charge in [0.25, 0.3) is 0 Å². The highest BCUT2D eigenvalue weighted by atomic mass is 79.9. The number of hydrogen-bond acceptors (Lipinski definition) is 9. The zero-order valence-corrected chi connectivity index (χ0v) is 31.8. The Balaban J connectivity index is 1.13. The van der Waals surface area contributed by atoms with Crippen LogP contribution in [0, 0.1) is 17.6 Å². The molecule has 1 atom stereocenters. The second-order valence-corrected chi connectivity index (χ2v) is 14.5. The summed E-state index contributed by atoms with van der Waals surface area (Å²) in [4.78, 5) is 31.9. The Labute approximate surface area is 325 Å². The van der Waals surface area contributed by atoms with Gasteiger partial charge in [-0.2, -0.15) is 0 Å². The zero-order chi connectivity index (χ0) is 38.5. The Bertz CT molecular complexity index is 2250. The standard InChI is InChI=1S/C42H40BrF2N3O7/c1-51-40-17-27(3-7-39(40)55-24-30-23-53-12-13-54-30)28-16-33(42(46)47-19-28)31-5-2-26(14-36(31)44)15-38(49)35-22-48(20-25-8-10-52-11-9-25)21-34(41(35)50)32-6-4-29(43)18-37(32)45/h2-7,14,16-19,21-22,25,30H,8-13,15,20,23-24H2,1H3,(H2,46,47)/t30-/m1/s1. The topological polar surface area (TPSA) is 124 Å². The van der Waals surface area contributed by atoms with E-state index >= 15 is 8.78 Å². The number of hydrogen-bond donors (Lipinski definition) is 1. The molecule has 0 bridgehead atoms. The molecular weight excluding hydrogens is 776 g/mol. The number of ketones is 1. The molecule has 0 spiro atoms. The molecule has 7 rings (SSSR count). The van der Waals surface area contributed by atoms with Gasteiger partial charge < -0.3 is 34.0 Å². The summed E-state index contributed by atoms with van der Waals surface area (Å²) in [7, 11) is 1.54. The number of anilines is 1. The van der Waals surface area contributed by atoms with Crippen LogP contribution in [0.25, 0.3) is 33.4 Å². The van der Waals surface area contributed by atoms with Crippen molar-refractivity contribution in [3.8, 4) is 44.9 Å². The van der Waals surface area contributed by atoms with Crippen LogP contribution in [0.2, 0.25) is 0 Å². The maximum absolute atomic E-state index is 15.9. The van der Waals surface area contributed by atoms with Gasteiger partial charge in [0.15, 0.2) is 22.7 Å². The Morgan fingerprint density at radius 2 is 1.67 bits per heavy atom. The number of nitrogen functional groups attached to an aromatic ring is 1. The number of Topliss-reactive ketones (excluding diaryl/α,β-unsaturated/α-hetero) is 1. The smallest absolute Gasteiger partial charge is 0.200 e. The molecule has 5 aromatic rings. The highest BCUT2D eigenvalue weighted by Gasteiger charge is 2.22. The minimum Gasteiger partial charge on any atom is -0.493 e. The highest BCUT2D eigenvalue weighted by Crippen LogP contribution is 2.36. The summed E-state index contributed by atoms with van der Waals surface area (Å²) in [5, 5.41) is 0. The van der Waals surface area contributed by atoms with Crippen molar-refractivity contribution in [3.05, 3.63) is 117 Å². The molecule has 2 N–H and O–H groups in total. The number of aromatic nitrogens is 2. The number of ether oxygens (including phenoxy) is 5. The van der Waals surface area contributed by atoms with Crippen molar-refractivity contribution in [1.82, 2.24) is 9.55 Å². The Morgan fingerprint density at radius 3 is 2.42 bits per heavy atom. The molecule has 3 aromatic carbocycles. The van der Waals surface area contributed by atoms with E-state index in [1.165, 1.54) is 24.4 Å². The second-order valence-electron chi connectivity index (χ2n) is 13.6. The molecule has 0 amide bonds. The van der Waals surface area contributed by atoms with Crippen LogP contribution >= 0.6 is 15.9 Å². The minimum absolute atomic E-state index is 0.0798. The fraction of sp³-hybridized carbons (Fsp3) is 0.310. The van der Waals surface area contributed by atoms with Crippen molar-refractivity contribution in [2.24, 2.45) is 5.92 Å². The molecule has 0 radical (unpaired) electrons. The predicted molar refractivity (Wildman–Crippen MR) is 207 cm³/mol. The van der Waals surface area contributed by atoms with Gasteiger partial charge in [-0.25, -0.2) is 13.8 Å². The van der Waals surface area contributed by atoms with Crippen LogP contribution in [0.15, 0.2) is 88.5 Å². The molecule has 0 saturated carbocycles. The number of pyridine rings is 2. The van der Waals surface area contributed by atoms with Gasteiger partial charge in [-0.15, -0.1) is 0 Å². The van der Waals surface area contributed by atoms with E-state index in [-0.39, 0.29) is 46.5 Å². The highest BCUT2D eigenvalue weighted by molar-refractivity contribution is 9.10. The first-order chi connectivity index (χ1) is 26.7. The molecule has 0 unspecified atom stereocenters. The van der Waals surface area contributed by atoms with Crippen molar-refractivity contribution in [1.29, 1.82) is 0 Å². The van der Waals surface area contributed by atoms with Gasteiger partial charge in [0.05, 0.1) is 32.5 Å².